The Hall–Kier alpha value is -1.40. The van der Waals surface area contributed by atoms with Gasteiger partial charge in [-0.05, 0) is 38.4 Å². The summed E-state index contributed by atoms with van der Waals surface area (Å²) in [5, 5.41) is 3.38. The lowest BCUT2D eigenvalue weighted by Crippen LogP contribution is -2.41. The van der Waals surface area contributed by atoms with E-state index in [2.05, 4.69) is 17.1 Å². The zero-order valence-electron chi connectivity index (χ0n) is 13.3. The maximum atomic E-state index is 12.0. The van der Waals surface area contributed by atoms with E-state index in [1.54, 1.807) is 17.7 Å². The molecule has 1 aromatic heterocycles. The van der Waals surface area contributed by atoms with Crippen molar-refractivity contribution < 1.29 is 0 Å². The highest BCUT2D eigenvalue weighted by atomic mass is 16.2. The van der Waals surface area contributed by atoms with Crippen molar-refractivity contribution in [2.45, 2.75) is 26.3 Å². The van der Waals surface area contributed by atoms with E-state index in [1.165, 1.54) is 19.9 Å². The Morgan fingerprint density at radius 3 is 2.52 bits per heavy atom. The zero-order valence-corrected chi connectivity index (χ0v) is 13.3. The van der Waals surface area contributed by atoms with Crippen molar-refractivity contribution in [3.05, 3.63) is 32.6 Å². The average Bonchev–Trinajstić information content (AvgIpc) is 2.50. The molecule has 0 spiro atoms. The third kappa shape index (κ3) is 3.83. The average molecular weight is 294 g/mol. The molecule has 1 aliphatic heterocycles. The highest BCUT2D eigenvalue weighted by Crippen LogP contribution is 2.14. The maximum Gasteiger partial charge on any atom is 0.330 e. The van der Waals surface area contributed by atoms with Crippen molar-refractivity contribution >= 4 is 0 Å². The van der Waals surface area contributed by atoms with E-state index in [-0.39, 0.29) is 11.2 Å². The van der Waals surface area contributed by atoms with E-state index >= 15 is 0 Å². The molecule has 0 bridgehead atoms. The normalized spacial score (nSPS) is 16.6. The summed E-state index contributed by atoms with van der Waals surface area (Å²) in [7, 11) is 3.25. The lowest BCUT2D eigenvalue weighted by molar-refractivity contribution is 0.202. The molecule has 6 nitrogen and oxygen atoms in total. The second-order valence-corrected chi connectivity index (χ2v) is 5.90. The van der Waals surface area contributed by atoms with Crippen LogP contribution in [0.4, 0.5) is 0 Å². The van der Waals surface area contributed by atoms with Crippen molar-refractivity contribution in [2.24, 2.45) is 20.0 Å². The Morgan fingerprint density at radius 1 is 1.24 bits per heavy atom. The molecule has 0 radical (unpaired) electrons. The van der Waals surface area contributed by atoms with Gasteiger partial charge in [0.25, 0.3) is 5.56 Å². The lowest BCUT2D eigenvalue weighted by Gasteiger charge is -2.29. The molecule has 0 unspecified atom stereocenters. The van der Waals surface area contributed by atoms with Crippen LogP contribution in [0.5, 0.6) is 0 Å². The minimum atomic E-state index is -0.254. The van der Waals surface area contributed by atoms with Crippen molar-refractivity contribution in [3.8, 4) is 0 Å². The van der Waals surface area contributed by atoms with Gasteiger partial charge in [-0.3, -0.25) is 18.8 Å². The third-order valence-electron chi connectivity index (χ3n) is 4.43. The second-order valence-electron chi connectivity index (χ2n) is 5.90. The van der Waals surface area contributed by atoms with Gasteiger partial charge >= 0.3 is 5.69 Å². The van der Waals surface area contributed by atoms with Crippen LogP contribution in [0, 0.1) is 5.92 Å². The molecule has 0 saturated carbocycles. The van der Waals surface area contributed by atoms with Crippen molar-refractivity contribution in [1.29, 1.82) is 0 Å². The molecular formula is C15H26N4O2. The maximum absolute atomic E-state index is 12.0. The monoisotopic (exact) mass is 294 g/mol. The highest BCUT2D eigenvalue weighted by Gasteiger charge is 2.17. The van der Waals surface area contributed by atoms with Crippen molar-refractivity contribution in [1.82, 2.24) is 19.4 Å². The predicted octanol–water partition coefficient (Wildman–Crippen LogP) is -0.0945. The van der Waals surface area contributed by atoms with Gasteiger partial charge in [0, 0.05) is 38.9 Å². The summed E-state index contributed by atoms with van der Waals surface area (Å²) in [4.78, 5) is 26.1. The van der Waals surface area contributed by atoms with Crippen molar-refractivity contribution in [2.75, 3.05) is 26.2 Å². The molecule has 1 N–H and O–H groups in total. The molecule has 0 atom stereocenters. The summed E-state index contributed by atoms with van der Waals surface area (Å²) in [6, 6.07) is 1.58. The molecule has 6 heteroatoms. The first-order valence-electron chi connectivity index (χ1n) is 7.72. The summed E-state index contributed by atoms with van der Waals surface area (Å²) in [5.41, 5.74) is 0.306. The van der Waals surface area contributed by atoms with E-state index < -0.39 is 0 Å². The second kappa shape index (κ2) is 7.04. The molecule has 1 aliphatic rings. The quantitative estimate of drug-likeness (QED) is 0.824. The molecule has 1 saturated heterocycles. The van der Waals surface area contributed by atoms with Gasteiger partial charge in [-0.25, -0.2) is 4.79 Å². The zero-order chi connectivity index (χ0) is 15.4. The number of hydrogen-bond acceptors (Lipinski definition) is 4. The minimum absolute atomic E-state index is 0.231. The fourth-order valence-electron chi connectivity index (χ4n) is 2.89. The fraction of sp³-hybridized carbons (Fsp3) is 0.733. The third-order valence-corrected chi connectivity index (χ3v) is 4.43. The summed E-state index contributed by atoms with van der Waals surface area (Å²) in [5.74, 6) is 0.703. The van der Waals surface area contributed by atoms with E-state index in [9.17, 15) is 9.59 Å². The van der Waals surface area contributed by atoms with Crippen LogP contribution in [0.1, 0.15) is 25.5 Å². The first-order valence-corrected chi connectivity index (χ1v) is 7.72. The van der Waals surface area contributed by atoms with E-state index in [1.807, 2.05) is 0 Å². The van der Waals surface area contributed by atoms with Crippen LogP contribution >= 0.6 is 0 Å². The van der Waals surface area contributed by atoms with Crippen LogP contribution in [0.25, 0.3) is 0 Å². The van der Waals surface area contributed by atoms with Crippen LogP contribution in [-0.2, 0) is 20.6 Å². The molecule has 0 amide bonds. The van der Waals surface area contributed by atoms with Crippen molar-refractivity contribution in [3.63, 3.8) is 0 Å². The molecule has 2 heterocycles. The molecule has 1 fully saturated rings. The Balaban J connectivity index is 2.11. The highest BCUT2D eigenvalue weighted by molar-refractivity contribution is 5.02. The first kappa shape index (κ1) is 16.0. The van der Waals surface area contributed by atoms with E-state index in [4.69, 9.17) is 0 Å². The van der Waals surface area contributed by atoms with Gasteiger partial charge in [0.2, 0.25) is 0 Å². The van der Waals surface area contributed by atoms with Gasteiger partial charge in [-0.15, -0.1) is 0 Å². The van der Waals surface area contributed by atoms with Gasteiger partial charge in [-0.2, -0.15) is 0 Å². The number of aromatic nitrogens is 2. The molecule has 21 heavy (non-hydrogen) atoms. The lowest BCUT2D eigenvalue weighted by atomic mass is 9.97. The van der Waals surface area contributed by atoms with E-state index in [0.717, 1.165) is 36.4 Å². The first-order chi connectivity index (χ1) is 10.0. The summed E-state index contributed by atoms with van der Waals surface area (Å²) in [6.07, 6.45) is 2.40. The summed E-state index contributed by atoms with van der Waals surface area (Å²) in [6.45, 7) is 6.91. The van der Waals surface area contributed by atoms with Crippen LogP contribution in [0.3, 0.4) is 0 Å². The van der Waals surface area contributed by atoms with Crippen LogP contribution in [0.15, 0.2) is 15.7 Å². The number of hydrogen-bond donors (Lipinski definition) is 1. The van der Waals surface area contributed by atoms with Crippen LogP contribution in [0.2, 0.25) is 0 Å². The fourth-order valence-corrected chi connectivity index (χ4v) is 2.89. The van der Waals surface area contributed by atoms with E-state index in [0.29, 0.717) is 12.5 Å². The number of rotatable bonds is 5. The van der Waals surface area contributed by atoms with Crippen LogP contribution in [-0.4, -0.2) is 40.2 Å². The summed E-state index contributed by atoms with van der Waals surface area (Å²) >= 11 is 0. The van der Waals surface area contributed by atoms with Gasteiger partial charge < -0.3 is 5.32 Å². The smallest absolute Gasteiger partial charge is 0.317 e. The molecular weight excluding hydrogens is 268 g/mol. The van der Waals surface area contributed by atoms with Gasteiger partial charge in [-0.1, -0.05) is 6.92 Å². The van der Waals surface area contributed by atoms with Gasteiger partial charge in [0.1, 0.15) is 0 Å². The largest absolute Gasteiger partial charge is 0.330 e. The number of nitrogens with one attached hydrogen (secondary N) is 1. The number of nitrogens with zero attached hydrogens (tertiary/aromatic N) is 3. The molecule has 1 aromatic rings. The SMILES string of the molecule is CCN(Cc1cc(=O)n(C)c(=O)n1C)CC1CCNCC1. The molecule has 0 aromatic carbocycles. The predicted molar refractivity (Wildman–Crippen MR) is 83.5 cm³/mol. The summed E-state index contributed by atoms with van der Waals surface area (Å²) < 4.78 is 2.72. The Morgan fingerprint density at radius 2 is 1.90 bits per heavy atom. The molecule has 2 rings (SSSR count). The standard InChI is InChI=1S/C15H26N4O2/c1-4-19(10-12-5-7-16-8-6-12)11-13-9-14(20)18(3)15(21)17(13)2/h9,12,16H,4-8,10-11H2,1-3H3. The number of piperidine rings is 1. The Labute approximate surface area is 125 Å². The van der Waals surface area contributed by atoms with Gasteiger partial charge in [0.05, 0.1) is 0 Å². The Kier molecular flexibility index (Phi) is 5.36. The minimum Gasteiger partial charge on any atom is -0.317 e. The molecule has 0 aliphatic carbocycles. The molecule has 118 valence electrons. The topological polar surface area (TPSA) is 59.3 Å². The van der Waals surface area contributed by atoms with Crippen LogP contribution < -0.4 is 16.6 Å². The van der Waals surface area contributed by atoms with Gasteiger partial charge in [0.15, 0.2) is 0 Å². The Bertz CT molecular complexity index is 584.